The van der Waals surface area contributed by atoms with E-state index in [0.717, 1.165) is 0 Å². The predicted octanol–water partition coefficient (Wildman–Crippen LogP) is 3.43. The topological polar surface area (TPSA) is 87.0 Å². The molecule has 5 heteroatoms. The first-order chi connectivity index (χ1) is 9.31. The summed E-state index contributed by atoms with van der Waals surface area (Å²) >= 11 is 0. The summed E-state index contributed by atoms with van der Waals surface area (Å²) in [7, 11) is 1.40. The zero-order chi connectivity index (χ0) is 16.8. The number of aliphatic hydroxyl groups is 2. The van der Waals surface area contributed by atoms with Crippen LogP contribution in [0.25, 0.3) is 0 Å². The number of aliphatic carboxylic acids is 1. The van der Waals surface area contributed by atoms with Gasteiger partial charge in [-0.15, -0.1) is 0 Å². The van der Waals surface area contributed by atoms with Crippen LogP contribution < -0.4 is 0 Å². The standard InChI is InChI=1S/C16H26O5/c1-14(2,3)9-8-10(21-7)16(13(19)20,15(4,5)6)12(18)11(9)17/h8,10,17-18H,1-7H3,(H,19,20). The molecule has 0 aromatic heterocycles. The number of rotatable bonds is 2. The van der Waals surface area contributed by atoms with E-state index < -0.39 is 34.1 Å². The minimum absolute atomic E-state index is 0.367. The second kappa shape index (κ2) is 5.05. The smallest absolute Gasteiger partial charge is 0.321 e. The van der Waals surface area contributed by atoms with Gasteiger partial charge in [0.25, 0.3) is 0 Å². The second-order valence-electron chi connectivity index (χ2n) is 7.55. The van der Waals surface area contributed by atoms with Crippen molar-refractivity contribution in [3.05, 3.63) is 23.2 Å². The first kappa shape index (κ1) is 17.6. The second-order valence-corrected chi connectivity index (χ2v) is 7.55. The van der Waals surface area contributed by atoms with E-state index in [1.54, 1.807) is 26.8 Å². The van der Waals surface area contributed by atoms with Gasteiger partial charge in [-0.1, -0.05) is 41.5 Å². The molecule has 0 aromatic carbocycles. The number of allylic oxidation sites excluding steroid dienone is 1. The summed E-state index contributed by atoms with van der Waals surface area (Å²) in [6.45, 7) is 10.7. The molecule has 1 aliphatic carbocycles. The van der Waals surface area contributed by atoms with E-state index in [9.17, 15) is 20.1 Å². The summed E-state index contributed by atoms with van der Waals surface area (Å²) < 4.78 is 5.38. The molecule has 0 spiro atoms. The van der Waals surface area contributed by atoms with Gasteiger partial charge in [-0.3, -0.25) is 4.79 Å². The van der Waals surface area contributed by atoms with E-state index in [4.69, 9.17) is 4.74 Å². The Morgan fingerprint density at radius 1 is 1.19 bits per heavy atom. The maximum Gasteiger partial charge on any atom is 0.321 e. The minimum Gasteiger partial charge on any atom is -0.507 e. The number of hydrogen-bond donors (Lipinski definition) is 3. The van der Waals surface area contributed by atoms with Crippen LogP contribution in [0.15, 0.2) is 23.2 Å². The van der Waals surface area contributed by atoms with Crippen molar-refractivity contribution < 1.29 is 24.9 Å². The van der Waals surface area contributed by atoms with Crippen molar-refractivity contribution >= 4 is 5.97 Å². The van der Waals surface area contributed by atoms with Crippen molar-refractivity contribution in [3.63, 3.8) is 0 Å². The van der Waals surface area contributed by atoms with Crippen molar-refractivity contribution in [3.8, 4) is 0 Å². The van der Waals surface area contributed by atoms with Gasteiger partial charge in [0, 0.05) is 12.7 Å². The molecule has 120 valence electrons. The molecular formula is C16H26O5. The van der Waals surface area contributed by atoms with Crippen LogP contribution in [0.1, 0.15) is 41.5 Å². The number of carboxylic acids is 1. The van der Waals surface area contributed by atoms with Crippen LogP contribution in [0.3, 0.4) is 0 Å². The first-order valence-electron chi connectivity index (χ1n) is 6.93. The van der Waals surface area contributed by atoms with E-state index in [1.165, 1.54) is 7.11 Å². The Bertz CT molecular complexity index is 502. The normalized spacial score (nSPS) is 27.6. The lowest BCUT2D eigenvalue weighted by atomic mass is 9.58. The first-order valence-corrected chi connectivity index (χ1v) is 6.93. The maximum atomic E-state index is 12.0. The van der Waals surface area contributed by atoms with Gasteiger partial charge in [-0.2, -0.15) is 0 Å². The monoisotopic (exact) mass is 298 g/mol. The Hall–Kier alpha value is -1.49. The van der Waals surface area contributed by atoms with Crippen molar-refractivity contribution in [1.82, 2.24) is 0 Å². The highest BCUT2D eigenvalue weighted by Gasteiger charge is 2.61. The fraction of sp³-hybridized carbons (Fsp3) is 0.688. The highest BCUT2D eigenvalue weighted by atomic mass is 16.5. The van der Waals surface area contributed by atoms with Gasteiger partial charge in [0.05, 0.1) is 6.10 Å². The maximum absolute atomic E-state index is 12.0. The molecular weight excluding hydrogens is 272 g/mol. The Balaban J connectivity index is 3.72. The fourth-order valence-corrected chi connectivity index (χ4v) is 2.98. The SMILES string of the molecule is COC1C=C(C(C)(C)C)C(O)=C(O)C1(C(=O)O)C(C)(C)C. The summed E-state index contributed by atoms with van der Waals surface area (Å²) in [6.07, 6.45) is 0.731. The molecule has 5 nitrogen and oxygen atoms in total. The van der Waals surface area contributed by atoms with E-state index in [-0.39, 0.29) is 5.76 Å². The molecule has 3 N–H and O–H groups in total. The third-order valence-corrected chi connectivity index (χ3v) is 4.18. The van der Waals surface area contributed by atoms with Crippen LogP contribution in [0, 0.1) is 16.2 Å². The summed E-state index contributed by atoms with van der Waals surface area (Å²) in [5.74, 6) is -2.13. The number of aliphatic hydroxyl groups excluding tert-OH is 2. The van der Waals surface area contributed by atoms with Crippen LogP contribution in [0.5, 0.6) is 0 Å². The van der Waals surface area contributed by atoms with E-state index in [2.05, 4.69) is 0 Å². The molecule has 0 saturated carbocycles. The van der Waals surface area contributed by atoms with Gasteiger partial charge in [0.1, 0.15) is 0 Å². The molecule has 0 fully saturated rings. The molecule has 21 heavy (non-hydrogen) atoms. The molecule has 1 aliphatic rings. The third kappa shape index (κ3) is 2.44. The van der Waals surface area contributed by atoms with Crippen molar-refractivity contribution in [2.75, 3.05) is 7.11 Å². The lowest BCUT2D eigenvalue weighted by Crippen LogP contribution is -2.55. The van der Waals surface area contributed by atoms with Crippen LogP contribution in [0.2, 0.25) is 0 Å². The minimum atomic E-state index is -1.74. The quantitative estimate of drug-likeness (QED) is 0.727. The van der Waals surface area contributed by atoms with Gasteiger partial charge in [0.15, 0.2) is 16.9 Å². The zero-order valence-corrected chi connectivity index (χ0v) is 13.8. The molecule has 0 aromatic rings. The molecule has 0 radical (unpaired) electrons. The molecule has 0 bridgehead atoms. The number of hydrogen-bond acceptors (Lipinski definition) is 4. The molecule has 0 saturated heterocycles. The lowest BCUT2D eigenvalue weighted by Gasteiger charge is -2.47. The average Bonchev–Trinajstić information content (AvgIpc) is 2.28. The van der Waals surface area contributed by atoms with Crippen LogP contribution >= 0.6 is 0 Å². The predicted molar refractivity (Wildman–Crippen MR) is 80.1 cm³/mol. The Labute approximate surface area is 125 Å². The molecule has 2 unspecified atom stereocenters. The Morgan fingerprint density at radius 2 is 1.67 bits per heavy atom. The van der Waals surface area contributed by atoms with Crippen molar-refractivity contribution in [2.24, 2.45) is 16.2 Å². The Kier molecular flexibility index (Phi) is 4.23. The zero-order valence-electron chi connectivity index (χ0n) is 13.8. The van der Waals surface area contributed by atoms with Crippen LogP contribution in [-0.4, -0.2) is 34.5 Å². The Morgan fingerprint density at radius 3 is 1.95 bits per heavy atom. The summed E-state index contributed by atoms with van der Waals surface area (Å²) in [5, 5.41) is 30.7. The molecule has 0 heterocycles. The van der Waals surface area contributed by atoms with Crippen molar-refractivity contribution in [2.45, 2.75) is 47.6 Å². The largest absolute Gasteiger partial charge is 0.507 e. The number of ether oxygens (including phenoxy) is 1. The number of carboxylic acid groups (broad SMARTS) is 1. The van der Waals surface area contributed by atoms with Gasteiger partial charge < -0.3 is 20.1 Å². The van der Waals surface area contributed by atoms with Gasteiger partial charge in [-0.05, 0) is 16.9 Å². The average molecular weight is 298 g/mol. The molecule has 2 atom stereocenters. The van der Waals surface area contributed by atoms with Crippen LogP contribution in [0.4, 0.5) is 0 Å². The lowest BCUT2D eigenvalue weighted by molar-refractivity contribution is -0.167. The molecule has 1 rings (SSSR count). The third-order valence-electron chi connectivity index (χ3n) is 4.18. The summed E-state index contributed by atoms with van der Waals surface area (Å²) in [5.41, 5.74) is -2.57. The van der Waals surface area contributed by atoms with Gasteiger partial charge >= 0.3 is 5.97 Å². The van der Waals surface area contributed by atoms with E-state index >= 15 is 0 Å². The fourth-order valence-electron chi connectivity index (χ4n) is 2.98. The number of carbonyl (C=O) groups is 1. The van der Waals surface area contributed by atoms with E-state index in [1.807, 2.05) is 20.8 Å². The highest BCUT2D eigenvalue weighted by Crippen LogP contribution is 2.53. The highest BCUT2D eigenvalue weighted by molar-refractivity contribution is 5.82. The van der Waals surface area contributed by atoms with Crippen LogP contribution in [-0.2, 0) is 9.53 Å². The van der Waals surface area contributed by atoms with Gasteiger partial charge in [-0.25, -0.2) is 0 Å². The van der Waals surface area contributed by atoms with Crippen molar-refractivity contribution in [1.29, 1.82) is 0 Å². The summed E-state index contributed by atoms with van der Waals surface area (Å²) in [4.78, 5) is 12.0. The molecule has 0 amide bonds. The summed E-state index contributed by atoms with van der Waals surface area (Å²) in [6, 6.07) is 0. The van der Waals surface area contributed by atoms with E-state index in [0.29, 0.717) is 5.57 Å². The number of methoxy groups -OCH3 is 1. The molecule has 0 aliphatic heterocycles. The van der Waals surface area contributed by atoms with Gasteiger partial charge in [0.2, 0.25) is 0 Å².